The molecule has 2 fully saturated rings. The topological polar surface area (TPSA) is 78.6 Å². The monoisotopic (exact) mass is 227 g/mol. The summed E-state index contributed by atoms with van der Waals surface area (Å²) in [6.45, 7) is 0. The number of esters is 2. The SMILES string of the molecule is COC(=O)C1(C(N)C2(C(=O)OC)CC2)CC1. The van der Waals surface area contributed by atoms with Gasteiger partial charge >= 0.3 is 11.9 Å². The summed E-state index contributed by atoms with van der Waals surface area (Å²) in [5.74, 6) is -0.592. The Morgan fingerprint density at radius 2 is 1.31 bits per heavy atom. The number of carbonyl (C=O) groups excluding carboxylic acids is 2. The summed E-state index contributed by atoms with van der Waals surface area (Å²) in [5, 5.41) is 0. The van der Waals surface area contributed by atoms with Crippen molar-refractivity contribution in [2.75, 3.05) is 14.2 Å². The summed E-state index contributed by atoms with van der Waals surface area (Å²) in [6, 6.07) is -0.472. The van der Waals surface area contributed by atoms with Crippen molar-refractivity contribution >= 4 is 11.9 Å². The van der Waals surface area contributed by atoms with Gasteiger partial charge in [-0.3, -0.25) is 9.59 Å². The van der Waals surface area contributed by atoms with Crippen molar-refractivity contribution in [3.8, 4) is 0 Å². The van der Waals surface area contributed by atoms with Crippen molar-refractivity contribution in [2.45, 2.75) is 31.7 Å². The van der Waals surface area contributed by atoms with Gasteiger partial charge in [-0.15, -0.1) is 0 Å². The molecule has 0 unspecified atom stereocenters. The molecule has 0 amide bonds. The van der Waals surface area contributed by atoms with E-state index in [1.807, 2.05) is 0 Å². The standard InChI is InChI=1S/C11H17NO4/c1-15-8(13)10(3-4-10)7(12)11(5-6-11)9(14)16-2/h7H,3-6,12H2,1-2H3. The Morgan fingerprint density at radius 3 is 1.50 bits per heavy atom. The van der Waals surface area contributed by atoms with Gasteiger partial charge < -0.3 is 15.2 Å². The van der Waals surface area contributed by atoms with Crippen molar-refractivity contribution in [2.24, 2.45) is 16.6 Å². The number of hydrogen-bond acceptors (Lipinski definition) is 5. The van der Waals surface area contributed by atoms with Gasteiger partial charge in [0.1, 0.15) is 0 Å². The third-order valence-corrected chi connectivity index (χ3v) is 3.95. The van der Waals surface area contributed by atoms with Gasteiger partial charge in [0.2, 0.25) is 0 Å². The van der Waals surface area contributed by atoms with Crippen LogP contribution in [0.2, 0.25) is 0 Å². The molecule has 5 heteroatoms. The Kier molecular flexibility index (Phi) is 2.45. The van der Waals surface area contributed by atoms with Crippen molar-refractivity contribution in [3.63, 3.8) is 0 Å². The highest BCUT2D eigenvalue weighted by atomic mass is 16.5. The molecule has 0 aliphatic heterocycles. The van der Waals surface area contributed by atoms with Gasteiger partial charge in [0.25, 0.3) is 0 Å². The molecule has 0 aromatic rings. The summed E-state index contributed by atoms with van der Waals surface area (Å²) in [6.07, 6.45) is 2.83. The van der Waals surface area contributed by atoms with Crippen LogP contribution in [0.15, 0.2) is 0 Å². The first-order valence-corrected chi connectivity index (χ1v) is 5.46. The van der Waals surface area contributed by atoms with Crippen LogP contribution in [0.25, 0.3) is 0 Å². The normalized spacial score (nSPS) is 23.8. The van der Waals surface area contributed by atoms with E-state index in [-0.39, 0.29) is 11.9 Å². The van der Waals surface area contributed by atoms with Gasteiger partial charge in [0.15, 0.2) is 0 Å². The predicted octanol–water partition coefficient (Wildman–Crippen LogP) is 0.220. The van der Waals surface area contributed by atoms with Crippen LogP contribution in [-0.2, 0) is 19.1 Å². The fourth-order valence-corrected chi connectivity index (χ4v) is 2.49. The quantitative estimate of drug-likeness (QED) is 0.695. The van der Waals surface area contributed by atoms with E-state index in [1.54, 1.807) is 0 Å². The van der Waals surface area contributed by atoms with Crippen molar-refractivity contribution in [3.05, 3.63) is 0 Å². The maximum absolute atomic E-state index is 11.7. The van der Waals surface area contributed by atoms with Gasteiger partial charge in [0, 0.05) is 6.04 Å². The van der Waals surface area contributed by atoms with Crippen LogP contribution in [0.4, 0.5) is 0 Å². The van der Waals surface area contributed by atoms with Crippen LogP contribution in [0.3, 0.4) is 0 Å². The second kappa shape index (κ2) is 3.45. The smallest absolute Gasteiger partial charge is 0.313 e. The first-order valence-electron chi connectivity index (χ1n) is 5.46. The van der Waals surface area contributed by atoms with E-state index < -0.39 is 16.9 Å². The Balaban J connectivity index is 2.17. The summed E-state index contributed by atoms with van der Waals surface area (Å²) in [4.78, 5) is 23.3. The number of hydrogen-bond donors (Lipinski definition) is 1. The molecule has 90 valence electrons. The van der Waals surface area contributed by atoms with Gasteiger partial charge in [-0.25, -0.2) is 0 Å². The molecular weight excluding hydrogens is 210 g/mol. The van der Waals surface area contributed by atoms with E-state index in [4.69, 9.17) is 15.2 Å². The zero-order valence-corrected chi connectivity index (χ0v) is 9.62. The van der Waals surface area contributed by atoms with Crippen molar-refractivity contribution in [1.29, 1.82) is 0 Å². The van der Waals surface area contributed by atoms with E-state index in [2.05, 4.69) is 0 Å². The zero-order valence-electron chi connectivity index (χ0n) is 9.62. The molecule has 2 saturated carbocycles. The van der Waals surface area contributed by atoms with Crippen LogP contribution in [-0.4, -0.2) is 32.2 Å². The Labute approximate surface area is 94.3 Å². The molecular formula is C11H17NO4. The number of ether oxygens (including phenoxy) is 2. The summed E-state index contributed by atoms with van der Waals surface area (Å²) >= 11 is 0. The molecule has 2 rings (SSSR count). The van der Waals surface area contributed by atoms with E-state index in [1.165, 1.54) is 14.2 Å². The minimum Gasteiger partial charge on any atom is -0.469 e. The highest BCUT2D eigenvalue weighted by Crippen LogP contribution is 2.61. The van der Waals surface area contributed by atoms with Crippen molar-refractivity contribution < 1.29 is 19.1 Å². The van der Waals surface area contributed by atoms with E-state index in [0.717, 1.165) is 0 Å². The maximum Gasteiger partial charge on any atom is 0.313 e. The minimum absolute atomic E-state index is 0.296. The van der Waals surface area contributed by atoms with Crippen LogP contribution in [0, 0.1) is 10.8 Å². The van der Waals surface area contributed by atoms with Crippen LogP contribution < -0.4 is 5.73 Å². The van der Waals surface area contributed by atoms with Crippen LogP contribution in [0.1, 0.15) is 25.7 Å². The largest absolute Gasteiger partial charge is 0.469 e. The molecule has 0 aromatic carbocycles. The second-order valence-electron chi connectivity index (χ2n) is 4.77. The molecule has 5 nitrogen and oxygen atoms in total. The average Bonchev–Trinajstić information content (AvgIpc) is 3.18. The molecule has 0 radical (unpaired) electrons. The third-order valence-electron chi connectivity index (χ3n) is 3.95. The van der Waals surface area contributed by atoms with E-state index >= 15 is 0 Å². The fraction of sp³-hybridized carbons (Fsp3) is 0.818. The first-order chi connectivity index (χ1) is 7.53. The number of carbonyl (C=O) groups is 2. The fourth-order valence-electron chi connectivity index (χ4n) is 2.49. The summed E-state index contributed by atoms with van der Waals surface area (Å²) < 4.78 is 9.53. The molecule has 2 N–H and O–H groups in total. The average molecular weight is 227 g/mol. The Bertz CT molecular complexity index is 299. The lowest BCUT2D eigenvalue weighted by Crippen LogP contribution is -2.48. The van der Waals surface area contributed by atoms with Gasteiger partial charge in [-0.2, -0.15) is 0 Å². The summed E-state index contributed by atoms with van der Waals surface area (Å²) in [5.41, 5.74) is 4.83. The van der Waals surface area contributed by atoms with Crippen molar-refractivity contribution in [1.82, 2.24) is 0 Å². The van der Waals surface area contributed by atoms with Gasteiger partial charge in [-0.05, 0) is 25.7 Å². The molecule has 0 saturated heterocycles. The molecule has 0 bridgehead atoms. The molecule has 16 heavy (non-hydrogen) atoms. The third kappa shape index (κ3) is 1.34. The predicted molar refractivity (Wildman–Crippen MR) is 55.3 cm³/mol. The first kappa shape index (κ1) is 11.4. The minimum atomic E-state index is -0.639. The highest BCUT2D eigenvalue weighted by Gasteiger charge is 2.68. The zero-order chi connectivity index (χ0) is 12.0. The molecule has 0 heterocycles. The van der Waals surface area contributed by atoms with Gasteiger partial charge in [-0.1, -0.05) is 0 Å². The van der Waals surface area contributed by atoms with Crippen LogP contribution >= 0.6 is 0 Å². The Morgan fingerprint density at radius 1 is 1.00 bits per heavy atom. The van der Waals surface area contributed by atoms with E-state index in [0.29, 0.717) is 25.7 Å². The lowest BCUT2D eigenvalue weighted by atomic mass is 9.83. The number of methoxy groups -OCH3 is 2. The number of nitrogens with two attached hydrogens (primary N) is 1. The second-order valence-corrected chi connectivity index (χ2v) is 4.77. The molecule has 0 atom stereocenters. The van der Waals surface area contributed by atoms with Gasteiger partial charge in [0.05, 0.1) is 25.0 Å². The molecule has 0 aromatic heterocycles. The summed E-state index contributed by atoms with van der Waals surface area (Å²) in [7, 11) is 2.71. The molecule has 2 aliphatic rings. The lowest BCUT2D eigenvalue weighted by molar-refractivity contribution is -0.153. The van der Waals surface area contributed by atoms with Crippen LogP contribution in [0.5, 0.6) is 0 Å². The maximum atomic E-state index is 11.7. The van der Waals surface area contributed by atoms with E-state index in [9.17, 15) is 9.59 Å². The Hall–Kier alpha value is -1.10. The molecule has 0 spiro atoms. The molecule has 2 aliphatic carbocycles. The highest BCUT2D eigenvalue weighted by molar-refractivity contribution is 5.86. The lowest BCUT2D eigenvalue weighted by Gasteiger charge is -2.27. The number of rotatable bonds is 4.